The topological polar surface area (TPSA) is 51.2 Å². The van der Waals surface area contributed by atoms with Crippen LogP contribution in [0.25, 0.3) is 22.2 Å². The van der Waals surface area contributed by atoms with Gasteiger partial charge in [0, 0.05) is 16.0 Å². The SMILES string of the molecule is CCc1ccc2nc(-c3ccc(OC)cc3)cc(C(=O)Nc3ccc(Cl)cc3Cl)c2c1. The molecule has 0 aliphatic heterocycles. The number of anilines is 1. The van der Waals surface area contributed by atoms with Crippen LogP contribution in [0.4, 0.5) is 5.69 Å². The van der Waals surface area contributed by atoms with E-state index in [0.29, 0.717) is 27.0 Å². The van der Waals surface area contributed by atoms with Gasteiger partial charge in [0.25, 0.3) is 5.91 Å². The zero-order valence-corrected chi connectivity index (χ0v) is 18.6. The Balaban J connectivity index is 1.82. The van der Waals surface area contributed by atoms with Crippen molar-refractivity contribution in [2.24, 2.45) is 0 Å². The van der Waals surface area contributed by atoms with Crippen LogP contribution in [-0.4, -0.2) is 18.0 Å². The smallest absolute Gasteiger partial charge is 0.256 e. The van der Waals surface area contributed by atoms with Gasteiger partial charge >= 0.3 is 0 Å². The zero-order chi connectivity index (χ0) is 22.0. The lowest BCUT2D eigenvalue weighted by molar-refractivity contribution is 0.102. The average molecular weight is 451 g/mol. The summed E-state index contributed by atoms with van der Waals surface area (Å²) < 4.78 is 5.24. The number of carbonyl (C=O) groups excluding carboxylic acids is 1. The molecule has 156 valence electrons. The molecular formula is C25H20Cl2N2O2. The van der Waals surface area contributed by atoms with Gasteiger partial charge in [0.2, 0.25) is 0 Å². The molecule has 0 spiro atoms. The summed E-state index contributed by atoms with van der Waals surface area (Å²) in [5, 5.41) is 4.58. The van der Waals surface area contributed by atoms with Gasteiger partial charge < -0.3 is 10.1 Å². The number of fused-ring (bicyclic) bond motifs is 1. The van der Waals surface area contributed by atoms with Crippen LogP contribution < -0.4 is 10.1 Å². The number of benzene rings is 3. The number of rotatable bonds is 5. The molecule has 1 aromatic heterocycles. The maximum Gasteiger partial charge on any atom is 0.256 e. The number of hydrogen-bond donors (Lipinski definition) is 1. The molecule has 0 saturated carbocycles. The van der Waals surface area contributed by atoms with Gasteiger partial charge in [-0.1, -0.05) is 36.2 Å². The minimum Gasteiger partial charge on any atom is -0.497 e. The largest absolute Gasteiger partial charge is 0.497 e. The maximum absolute atomic E-state index is 13.3. The standard InChI is InChI=1S/C25H20Cl2N2O2/c1-3-15-4-10-22-19(12-15)20(25(30)29-23-11-7-17(26)13-21(23)27)14-24(28-22)16-5-8-18(31-2)9-6-16/h4-14H,3H2,1-2H3,(H,29,30). The number of nitrogens with zero attached hydrogens (tertiary/aromatic N) is 1. The molecule has 1 amide bonds. The van der Waals surface area contributed by atoms with Crippen LogP contribution in [0, 0.1) is 0 Å². The Bertz CT molecular complexity index is 1270. The third-order valence-electron chi connectivity index (χ3n) is 5.09. The van der Waals surface area contributed by atoms with Crippen LogP contribution in [0.15, 0.2) is 66.7 Å². The van der Waals surface area contributed by atoms with Gasteiger partial charge in [-0.25, -0.2) is 4.98 Å². The van der Waals surface area contributed by atoms with Crippen LogP contribution in [0.5, 0.6) is 5.75 Å². The monoisotopic (exact) mass is 450 g/mol. The molecule has 6 heteroatoms. The van der Waals surface area contributed by atoms with Crippen molar-refractivity contribution in [2.75, 3.05) is 12.4 Å². The number of aryl methyl sites for hydroxylation is 1. The van der Waals surface area contributed by atoms with E-state index in [2.05, 4.69) is 12.2 Å². The first-order valence-corrected chi connectivity index (χ1v) is 10.6. The molecule has 0 aliphatic carbocycles. The van der Waals surface area contributed by atoms with Crippen LogP contribution in [0.3, 0.4) is 0 Å². The summed E-state index contributed by atoms with van der Waals surface area (Å²) in [6, 6.07) is 20.4. The van der Waals surface area contributed by atoms with Gasteiger partial charge in [-0.05, 0) is 72.6 Å². The van der Waals surface area contributed by atoms with Crippen LogP contribution >= 0.6 is 23.2 Å². The lowest BCUT2D eigenvalue weighted by Crippen LogP contribution is -2.13. The van der Waals surface area contributed by atoms with E-state index in [1.807, 2.05) is 48.5 Å². The molecule has 1 heterocycles. The Morgan fingerprint density at radius 1 is 1.00 bits per heavy atom. The fourth-order valence-electron chi connectivity index (χ4n) is 3.37. The number of carbonyl (C=O) groups is 1. The zero-order valence-electron chi connectivity index (χ0n) is 17.1. The predicted molar refractivity (Wildman–Crippen MR) is 128 cm³/mol. The highest BCUT2D eigenvalue weighted by molar-refractivity contribution is 6.37. The van der Waals surface area contributed by atoms with Gasteiger partial charge in [0.05, 0.1) is 34.6 Å². The summed E-state index contributed by atoms with van der Waals surface area (Å²) in [5.74, 6) is 0.493. The van der Waals surface area contributed by atoms with Gasteiger partial charge in [0.15, 0.2) is 0 Å². The average Bonchev–Trinajstić information content (AvgIpc) is 2.79. The summed E-state index contributed by atoms with van der Waals surface area (Å²) in [7, 11) is 1.62. The Labute approximate surface area is 190 Å². The number of pyridine rings is 1. The van der Waals surface area contributed by atoms with E-state index in [4.69, 9.17) is 32.9 Å². The molecule has 0 fully saturated rings. The molecule has 3 aromatic carbocycles. The molecule has 4 rings (SSSR count). The summed E-state index contributed by atoms with van der Waals surface area (Å²) in [4.78, 5) is 18.1. The molecule has 0 saturated heterocycles. The van der Waals surface area contributed by atoms with Gasteiger partial charge in [-0.2, -0.15) is 0 Å². The van der Waals surface area contributed by atoms with E-state index in [9.17, 15) is 4.79 Å². The normalized spacial score (nSPS) is 10.8. The van der Waals surface area contributed by atoms with Crippen LogP contribution in [0.2, 0.25) is 10.0 Å². The van der Waals surface area contributed by atoms with Crippen molar-refractivity contribution in [3.63, 3.8) is 0 Å². The minimum atomic E-state index is -0.264. The van der Waals surface area contributed by atoms with E-state index in [1.165, 1.54) is 0 Å². The van der Waals surface area contributed by atoms with Crippen LogP contribution in [-0.2, 0) is 6.42 Å². The van der Waals surface area contributed by atoms with E-state index in [-0.39, 0.29) is 5.91 Å². The van der Waals surface area contributed by atoms with Crippen molar-refractivity contribution in [1.82, 2.24) is 4.98 Å². The molecule has 4 nitrogen and oxygen atoms in total. The lowest BCUT2D eigenvalue weighted by Gasteiger charge is -2.13. The Hall–Kier alpha value is -3.08. The van der Waals surface area contributed by atoms with Crippen molar-refractivity contribution >= 4 is 45.7 Å². The Morgan fingerprint density at radius 2 is 1.77 bits per heavy atom. The van der Waals surface area contributed by atoms with Crippen molar-refractivity contribution in [3.05, 3.63) is 87.9 Å². The first-order chi connectivity index (χ1) is 15.0. The quantitative estimate of drug-likeness (QED) is 0.354. The highest BCUT2D eigenvalue weighted by Crippen LogP contribution is 2.30. The second kappa shape index (κ2) is 8.96. The van der Waals surface area contributed by atoms with E-state index in [1.54, 1.807) is 25.3 Å². The lowest BCUT2D eigenvalue weighted by atomic mass is 10.0. The number of ether oxygens (including phenoxy) is 1. The number of hydrogen-bond acceptors (Lipinski definition) is 3. The molecule has 1 N–H and O–H groups in total. The molecule has 0 radical (unpaired) electrons. The van der Waals surface area contributed by atoms with E-state index >= 15 is 0 Å². The Morgan fingerprint density at radius 3 is 2.45 bits per heavy atom. The summed E-state index contributed by atoms with van der Waals surface area (Å²) in [6.45, 7) is 2.08. The van der Waals surface area contributed by atoms with Gasteiger partial charge in [-0.3, -0.25) is 4.79 Å². The second-order valence-electron chi connectivity index (χ2n) is 7.07. The van der Waals surface area contributed by atoms with Gasteiger partial charge in [-0.15, -0.1) is 0 Å². The Kier molecular flexibility index (Phi) is 6.12. The molecule has 0 bridgehead atoms. The molecular weight excluding hydrogens is 431 g/mol. The molecule has 0 unspecified atom stereocenters. The third-order valence-corrected chi connectivity index (χ3v) is 5.64. The first kappa shape index (κ1) is 21.2. The fraction of sp³-hybridized carbons (Fsp3) is 0.120. The third kappa shape index (κ3) is 4.50. The number of nitrogens with one attached hydrogen (secondary N) is 1. The van der Waals surface area contributed by atoms with Crippen molar-refractivity contribution in [2.45, 2.75) is 13.3 Å². The predicted octanol–water partition coefficient (Wildman–Crippen LogP) is 7.03. The van der Waals surface area contributed by atoms with E-state index < -0.39 is 0 Å². The van der Waals surface area contributed by atoms with Crippen molar-refractivity contribution in [3.8, 4) is 17.0 Å². The number of aromatic nitrogens is 1. The summed E-state index contributed by atoms with van der Waals surface area (Å²) in [5.41, 5.74) is 4.49. The van der Waals surface area contributed by atoms with E-state index in [0.717, 1.165) is 34.2 Å². The van der Waals surface area contributed by atoms with Crippen LogP contribution in [0.1, 0.15) is 22.8 Å². The minimum absolute atomic E-state index is 0.264. The molecule has 0 aliphatic rings. The van der Waals surface area contributed by atoms with Crippen molar-refractivity contribution in [1.29, 1.82) is 0 Å². The van der Waals surface area contributed by atoms with Crippen molar-refractivity contribution < 1.29 is 9.53 Å². The highest BCUT2D eigenvalue weighted by Gasteiger charge is 2.16. The first-order valence-electron chi connectivity index (χ1n) is 9.83. The summed E-state index contributed by atoms with van der Waals surface area (Å²) >= 11 is 12.2. The molecule has 0 atom stereocenters. The molecule has 31 heavy (non-hydrogen) atoms. The summed E-state index contributed by atoms with van der Waals surface area (Å²) in [6.07, 6.45) is 0.861. The number of halogens is 2. The fourth-order valence-corrected chi connectivity index (χ4v) is 3.83. The molecule has 4 aromatic rings. The second-order valence-corrected chi connectivity index (χ2v) is 7.91. The highest BCUT2D eigenvalue weighted by atomic mass is 35.5. The number of methoxy groups -OCH3 is 1. The van der Waals surface area contributed by atoms with Gasteiger partial charge in [0.1, 0.15) is 5.75 Å². The maximum atomic E-state index is 13.3. The number of amides is 1.